The molecule has 0 saturated heterocycles. The van der Waals surface area contributed by atoms with Crippen LogP contribution < -0.4 is 5.48 Å². The van der Waals surface area contributed by atoms with Crippen molar-refractivity contribution in [2.45, 2.75) is 162 Å². The number of phosphoric acid groups is 1. The molecule has 1 N–H and O–H groups in total. The van der Waals surface area contributed by atoms with Crippen LogP contribution in [0.25, 0.3) is 0 Å². The number of phosphoric ester groups is 1. The predicted molar refractivity (Wildman–Crippen MR) is 147 cm³/mol. The third-order valence-electron chi connectivity index (χ3n) is 6.30. The molecule has 0 aliphatic rings. The van der Waals surface area contributed by atoms with Gasteiger partial charge in [0.2, 0.25) is 0 Å². The van der Waals surface area contributed by atoms with Crippen LogP contribution in [0.15, 0.2) is 0 Å². The van der Waals surface area contributed by atoms with Gasteiger partial charge in [0.1, 0.15) is 0 Å². The van der Waals surface area contributed by atoms with Crippen LogP contribution >= 0.6 is 7.82 Å². The summed E-state index contributed by atoms with van der Waals surface area (Å²) >= 11 is 0. The Morgan fingerprint density at radius 1 is 0.471 bits per heavy atom. The average molecular weight is 506 g/mol. The standard InChI is InChI=1S/C28H60NO4P/c1-4-7-10-13-16-17-18-19-20-23-26-29-33-34(30,31-27-24-21-14-11-8-5-2)32-28-25-22-15-12-9-6-3/h29H,4-28H2,1-3H3. The molecule has 0 atom stereocenters. The van der Waals surface area contributed by atoms with E-state index in [4.69, 9.17) is 13.7 Å². The number of hydrogen-bond donors (Lipinski definition) is 1. The molecule has 0 bridgehead atoms. The van der Waals surface area contributed by atoms with E-state index in [1.807, 2.05) is 0 Å². The largest absolute Gasteiger partial charge is 0.491 e. The highest BCUT2D eigenvalue weighted by Crippen LogP contribution is 2.48. The molecule has 0 rings (SSSR count). The fraction of sp³-hybridized carbons (Fsp3) is 1.00. The van der Waals surface area contributed by atoms with Gasteiger partial charge in [-0.3, -0.25) is 9.05 Å². The molecule has 0 amide bonds. The second-order valence-electron chi connectivity index (χ2n) is 9.82. The zero-order valence-electron chi connectivity index (χ0n) is 23.3. The van der Waals surface area contributed by atoms with Gasteiger partial charge in [-0.05, 0) is 19.3 Å². The minimum atomic E-state index is -3.53. The molecular formula is C28H60NO4P. The molecular weight excluding hydrogens is 445 g/mol. The van der Waals surface area contributed by atoms with Crippen molar-refractivity contribution < 1.29 is 18.2 Å². The minimum absolute atomic E-state index is 0.430. The summed E-state index contributed by atoms with van der Waals surface area (Å²) in [5, 5.41) is 0. The molecule has 0 aromatic heterocycles. The van der Waals surface area contributed by atoms with E-state index in [0.29, 0.717) is 19.8 Å². The van der Waals surface area contributed by atoms with Gasteiger partial charge in [-0.1, -0.05) is 143 Å². The van der Waals surface area contributed by atoms with Crippen LogP contribution in [-0.2, 0) is 18.2 Å². The number of hydrogen-bond acceptors (Lipinski definition) is 5. The Morgan fingerprint density at radius 2 is 0.794 bits per heavy atom. The van der Waals surface area contributed by atoms with Crippen LogP contribution in [0.5, 0.6) is 0 Å². The highest BCUT2D eigenvalue weighted by Gasteiger charge is 2.26. The molecule has 6 heteroatoms. The Labute approximate surface area is 213 Å². The minimum Gasteiger partial charge on any atom is -0.286 e. The molecule has 0 aromatic rings. The van der Waals surface area contributed by atoms with Gasteiger partial charge in [-0.25, -0.2) is 4.57 Å². The molecule has 0 fully saturated rings. The lowest BCUT2D eigenvalue weighted by Gasteiger charge is -2.18. The summed E-state index contributed by atoms with van der Waals surface area (Å²) in [4.78, 5) is 0. The van der Waals surface area contributed by atoms with E-state index in [1.54, 1.807) is 0 Å². The third-order valence-corrected chi connectivity index (χ3v) is 7.65. The molecule has 0 saturated carbocycles. The molecule has 0 heterocycles. The van der Waals surface area contributed by atoms with E-state index in [2.05, 4.69) is 26.3 Å². The van der Waals surface area contributed by atoms with Gasteiger partial charge in [-0.2, -0.15) is 10.1 Å². The van der Waals surface area contributed by atoms with E-state index >= 15 is 0 Å². The van der Waals surface area contributed by atoms with Crippen LogP contribution in [0.2, 0.25) is 0 Å². The first-order chi connectivity index (χ1) is 16.7. The molecule has 0 aliphatic heterocycles. The van der Waals surface area contributed by atoms with Gasteiger partial charge < -0.3 is 0 Å². The molecule has 0 unspecified atom stereocenters. The number of nitrogens with one attached hydrogen (secondary N) is 1. The highest BCUT2D eigenvalue weighted by molar-refractivity contribution is 7.48. The van der Waals surface area contributed by atoms with Gasteiger partial charge in [0.25, 0.3) is 0 Å². The van der Waals surface area contributed by atoms with Crippen LogP contribution in [0.1, 0.15) is 162 Å². The molecule has 206 valence electrons. The Bertz CT molecular complexity index is 415. The van der Waals surface area contributed by atoms with Gasteiger partial charge in [-0.15, -0.1) is 0 Å². The maximum atomic E-state index is 13.0. The fourth-order valence-corrected chi connectivity index (χ4v) is 5.15. The fourth-order valence-electron chi connectivity index (χ4n) is 4.02. The predicted octanol–water partition coefficient (Wildman–Crippen LogP) is 10.3. The third kappa shape index (κ3) is 25.2. The summed E-state index contributed by atoms with van der Waals surface area (Å²) in [6.45, 7) is 8.25. The highest BCUT2D eigenvalue weighted by atomic mass is 31.2. The van der Waals surface area contributed by atoms with Gasteiger partial charge >= 0.3 is 7.82 Å². The molecule has 5 nitrogen and oxygen atoms in total. The monoisotopic (exact) mass is 505 g/mol. The zero-order chi connectivity index (χ0) is 25.0. The number of hydroxylamine groups is 1. The quantitative estimate of drug-likeness (QED) is 0.0622. The Hall–Kier alpha value is 0.0700. The van der Waals surface area contributed by atoms with Crippen LogP contribution in [0.3, 0.4) is 0 Å². The lowest BCUT2D eigenvalue weighted by molar-refractivity contribution is 0.0688. The second kappa shape index (κ2) is 27.7. The second-order valence-corrected chi connectivity index (χ2v) is 11.4. The molecule has 34 heavy (non-hydrogen) atoms. The maximum absolute atomic E-state index is 13.0. The molecule has 0 radical (unpaired) electrons. The molecule has 0 aliphatic carbocycles. The zero-order valence-corrected chi connectivity index (χ0v) is 24.2. The first-order valence-corrected chi connectivity index (χ1v) is 16.4. The Morgan fingerprint density at radius 3 is 1.18 bits per heavy atom. The van der Waals surface area contributed by atoms with Crippen molar-refractivity contribution in [1.29, 1.82) is 0 Å². The van der Waals surface area contributed by atoms with Crippen molar-refractivity contribution in [3.63, 3.8) is 0 Å². The lowest BCUT2D eigenvalue weighted by atomic mass is 10.1. The normalized spacial score (nSPS) is 12.0. The van der Waals surface area contributed by atoms with Crippen molar-refractivity contribution >= 4 is 7.82 Å². The first-order valence-electron chi connectivity index (χ1n) is 15.0. The summed E-state index contributed by atoms with van der Waals surface area (Å²) in [5.41, 5.74) is 2.88. The molecule has 0 spiro atoms. The van der Waals surface area contributed by atoms with Crippen molar-refractivity contribution in [2.24, 2.45) is 0 Å². The smallest absolute Gasteiger partial charge is 0.286 e. The van der Waals surface area contributed by atoms with Crippen LogP contribution in [-0.4, -0.2) is 19.8 Å². The number of unbranched alkanes of at least 4 members (excludes halogenated alkanes) is 19. The average Bonchev–Trinajstić information content (AvgIpc) is 2.84. The van der Waals surface area contributed by atoms with Gasteiger partial charge in [0.05, 0.1) is 13.2 Å². The van der Waals surface area contributed by atoms with Crippen LogP contribution in [0.4, 0.5) is 0 Å². The Kier molecular flexibility index (Phi) is 27.7. The SMILES string of the molecule is CCCCCCCCCCCCNOP(=O)(OCCCCCCCC)OCCCCCCCC. The van der Waals surface area contributed by atoms with Crippen molar-refractivity contribution in [3.05, 3.63) is 0 Å². The van der Waals surface area contributed by atoms with E-state index in [1.165, 1.54) is 109 Å². The topological polar surface area (TPSA) is 56.8 Å². The lowest BCUT2D eigenvalue weighted by Crippen LogP contribution is -2.17. The van der Waals surface area contributed by atoms with Crippen molar-refractivity contribution in [2.75, 3.05) is 19.8 Å². The molecule has 0 aromatic carbocycles. The van der Waals surface area contributed by atoms with E-state index in [-0.39, 0.29) is 0 Å². The van der Waals surface area contributed by atoms with Crippen LogP contribution in [0, 0.1) is 0 Å². The summed E-state index contributed by atoms with van der Waals surface area (Å²) in [5.74, 6) is 0. The summed E-state index contributed by atoms with van der Waals surface area (Å²) in [6, 6.07) is 0. The van der Waals surface area contributed by atoms with E-state index < -0.39 is 7.82 Å². The van der Waals surface area contributed by atoms with Crippen molar-refractivity contribution in [1.82, 2.24) is 5.48 Å². The van der Waals surface area contributed by atoms with Gasteiger partial charge in [0.15, 0.2) is 0 Å². The van der Waals surface area contributed by atoms with Crippen molar-refractivity contribution in [3.8, 4) is 0 Å². The maximum Gasteiger partial charge on any atom is 0.491 e. The summed E-state index contributed by atoms with van der Waals surface area (Å²) < 4.78 is 29.8. The summed E-state index contributed by atoms with van der Waals surface area (Å²) in [7, 11) is -3.53. The van der Waals surface area contributed by atoms with Gasteiger partial charge in [0, 0.05) is 6.54 Å². The van der Waals surface area contributed by atoms with E-state index in [0.717, 1.165) is 32.1 Å². The first kappa shape index (κ1) is 34.1. The van der Waals surface area contributed by atoms with E-state index in [9.17, 15) is 4.57 Å². The Balaban J connectivity index is 3.98. The number of rotatable bonds is 29. The summed E-state index contributed by atoms with van der Waals surface area (Å²) in [6.07, 6.45) is 27.0.